The Labute approximate surface area is 207 Å². The maximum absolute atomic E-state index is 13.4. The highest BCUT2D eigenvalue weighted by molar-refractivity contribution is 6.45. The lowest BCUT2D eigenvalue weighted by Gasteiger charge is -2.39. The number of benzene rings is 1. The molecule has 36 heavy (non-hydrogen) atoms. The Morgan fingerprint density at radius 3 is 2.56 bits per heavy atom. The highest BCUT2D eigenvalue weighted by Crippen LogP contribution is 2.32. The lowest BCUT2D eigenvalue weighted by atomic mass is 10.1. The van der Waals surface area contributed by atoms with E-state index in [0.29, 0.717) is 34.6 Å². The summed E-state index contributed by atoms with van der Waals surface area (Å²) in [6, 6.07) is 10.7. The second kappa shape index (κ2) is 9.29. The largest absolute Gasteiger partial charge is 0.494 e. The van der Waals surface area contributed by atoms with Crippen LogP contribution in [0.25, 0.3) is 16.7 Å². The fourth-order valence-corrected chi connectivity index (χ4v) is 4.64. The molecule has 10 nitrogen and oxygen atoms in total. The molecule has 10 heteroatoms. The first-order valence-corrected chi connectivity index (χ1v) is 11.7. The number of nitrogens with one attached hydrogen (secondary N) is 1. The summed E-state index contributed by atoms with van der Waals surface area (Å²) < 4.78 is 7.12. The molecule has 0 bridgehead atoms. The standard InChI is InChI=1S/C26H26N6O4/c1-16-9-10-29-32(16)24-22-21(20(36-3)14-28-24)19(13-27-22)23(33)26(35)30-11-12-31(17(2)15-30)25(34)18-7-5-4-6-8-18/h4-10,13-14,17,27H,11-12,15H2,1-3H3/t17-/m1/s1. The number of methoxy groups -OCH3 is 1. The zero-order valence-electron chi connectivity index (χ0n) is 20.3. The molecule has 184 valence electrons. The topological polar surface area (TPSA) is 113 Å². The zero-order valence-corrected chi connectivity index (χ0v) is 20.3. The number of hydrogen-bond acceptors (Lipinski definition) is 6. The third-order valence-electron chi connectivity index (χ3n) is 6.54. The molecule has 1 saturated heterocycles. The molecule has 5 rings (SSSR count). The average Bonchev–Trinajstić information content (AvgIpc) is 3.54. The molecule has 4 aromatic rings. The number of fused-ring (bicyclic) bond motifs is 1. The van der Waals surface area contributed by atoms with Crippen LogP contribution in [-0.4, -0.2) is 79.9 Å². The molecule has 0 aliphatic carbocycles. The monoisotopic (exact) mass is 486 g/mol. The molecule has 2 amide bonds. The summed E-state index contributed by atoms with van der Waals surface area (Å²) in [5, 5.41) is 4.78. The van der Waals surface area contributed by atoms with Crippen molar-refractivity contribution in [2.45, 2.75) is 19.9 Å². The van der Waals surface area contributed by atoms with Gasteiger partial charge in [0, 0.05) is 49.3 Å². The van der Waals surface area contributed by atoms with Gasteiger partial charge in [-0.15, -0.1) is 0 Å². The second-order valence-electron chi connectivity index (χ2n) is 8.78. The molecule has 3 aromatic heterocycles. The van der Waals surface area contributed by atoms with Crippen LogP contribution in [0.1, 0.15) is 33.3 Å². The predicted octanol–water partition coefficient (Wildman–Crippen LogP) is 2.62. The van der Waals surface area contributed by atoms with Crippen LogP contribution in [0.15, 0.2) is 55.0 Å². The van der Waals surface area contributed by atoms with Crippen LogP contribution in [-0.2, 0) is 4.79 Å². The van der Waals surface area contributed by atoms with E-state index in [-0.39, 0.29) is 30.6 Å². The minimum Gasteiger partial charge on any atom is -0.494 e. The van der Waals surface area contributed by atoms with Crippen LogP contribution in [0.2, 0.25) is 0 Å². The van der Waals surface area contributed by atoms with E-state index >= 15 is 0 Å². The van der Waals surface area contributed by atoms with Gasteiger partial charge in [0.15, 0.2) is 5.82 Å². The van der Waals surface area contributed by atoms with E-state index in [1.54, 1.807) is 27.9 Å². The first kappa shape index (κ1) is 23.3. The predicted molar refractivity (Wildman–Crippen MR) is 132 cm³/mol. The molecule has 1 aromatic carbocycles. The molecule has 1 aliphatic rings. The Hall–Kier alpha value is -4.47. The molecule has 0 unspecified atom stereocenters. The summed E-state index contributed by atoms with van der Waals surface area (Å²) in [5.74, 6) is -0.477. The summed E-state index contributed by atoms with van der Waals surface area (Å²) in [7, 11) is 1.49. The van der Waals surface area contributed by atoms with Gasteiger partial charge in [0.05, 0.1) is 29.8 Å². The summed E-state index contributed by atoms with van der Waals surface area (Å²) >= 11 is 0. The number of hydrogen-bond donors (Lipinski definition) is 1. The number of ether oxygens (including phenoxy) is 1. The van der Waals surface area contributed by atoms with Crippen LogP contribution in [0, 0.1) is 6.92 Å². The normalized spacial score (nSPS) is 15.8. The Morgan fingerprint density at radius 1 is 1.11 bits per heavy atom. The number of nitrogens with zero attached hydrogens (tertiary/aromatic N) is 5. The number of aryl methyl sites for hydroxylation is 1. The van der Waals surface area contributed by atoms with Crippen LogP contribution < -0.4 is 4.74 Å². The molecule has 1 N–H and O–H groups in total. The highest BCUT2D eigenvalue weighted by Gasteiger charge is 2.34. The third-order valence-corrected chi connectivity index (χ3v) is 6.54. The van der Waals surface area contributed by atoms with Crippen LogP contribution in [0.5, 0.6) is 5.75 Å². The highest BCUT2D eigenvalue weighted by atomic mass is 16.5. The molecular weight excluding hydrogens is 460 g/mol. The Kier molecular flexibility index (Phi) is 6.01. The maximum Gasteiger partial charge on any atom is 0.295 e. The van der Waals surface area contributed by atoms with Crippen LogP contribution in [0.4, 0.5) is 0 Å². The first-order chi connectivity index (χ1) is 17.4. The first-order valence-electron chi connectivity index (χ1n) is 11.7. The van der Waals surface area contributed by atoms with Gasteiger partial charge in [0.25, 0.3) is 17.6 Å². The van der Waals surface area contributed by atoms with Gasteiger partial charge < -0.3 is 19.5 Å². The molecule has 0 spiro atoms. The van der Waals surface area contributed by atoms with E-state index in [4.69, 9.17) is 4.74 Å². The number of ketones is 1. The summed E-state index contributed by atoms with van der Waals surface area (Å²) in [5.41, 5.74) is 2.21. The van der Waals surface area contributed by atoms with Gasteiger partial charge in [-0.1, -0.05) is 18.2 Å². The minimum absolute atomic E-state index is 0.0863. The SMILES string of the molecule is COc1cnc(-n2nccc2C)c2[nH]cc(C(=O)C(=O)N3CCN(C(=O)c4ccccc4)[C@H](C)C3)c12. The third kappa shape index (κ3) is 3.90. The van der Waals surface area contributed by atoms with Crippen molar-refractivity contribution in [2.75, 3.05) is 26.7 Å². The van der Waals surface area contributed by atoms with Crippen molar-refractivity contribution in [3.05, 3.63) is 71.8 Å². The van der Waals surface area contributed by atoms with Crippen molar-refractivity contribution in [3.8, 4) is 11.6 Å². The van der Waals surface area contributed by atoms with Gasteiger partial charge in [-0.2, -0.15) is 5.10 Å². The molecule has 1 fully saturated rings. The van der Waals surface area contributed by atoms with E-state index in [2.05, 4.69) is 15.1 Å². The molecule has 1 aliphatic heterocycles. The molecule has 1 atom stereocenters. The number of piperazine rings is 1. The number of pyridine rings is 1. The van der Waals surface area contributed by atoms with Gasteiger partial charge in [0.1, 0.15) is 5.75 Å². The van der Waals surface area contributed by atoms with Crippen molar-refractivity contribution in [1.29, 1.82) is 0 Å². The number of amides is 2. The van der Waals surface area contributed by atoms with Crippen molar-refractivity contribution in [2.24, 2.45) is 0 Å². The number of aromatic amines is 1. The molecule has 0 radical (unpaired) electrons. The van der Waals surface area contributed by atoms with E-state index in [1.165, 1.54) is 24.4 Å². The van der Waals surface area contributed by atoms with E-state index in [1.807, 2.05) is 38.1 Å². The van der Waals surface area contributed by atoms with Crippen molar-refractivity contribution >= 4 is 28.5 Å². The second-order valence-corrected chi connectivity index (χ2v) is 8.78. The van der Waals surface area contributed by atoms with Gasteiger partial charge in [-0.3, -0.25) is 14.4 Å². The van der Waals surface area contributed by atoms with Crippen LogP contribution in [0.3, 0.4) is 0 Å². The summed E-state index contributed by atoms with van der Waals surface area (Å²) in [6.45, 7) is 4.66. The Morgan fingerprint density at radius 2 is 1.89 bits per heavy atom. The van der Waals surface area contributed by atoms with E-state index in [0.717, 1.165) is 5.69 Å². The average molecular weight is 487 g/mol. The number of Topliss-reactive ketones (excluding diaryl/α,β-unsaturated/α-hetero) is 1. The Balaban J connectivity index is 1.40. The smallest absolute Gasteiger partial charge is 0.295 e. The number of carbonyl (C=O) groups is 3. The zero-order chi connectivity index (χ0) is 25.4. The molecule has 4 heterocycles. The van der Waals surface area contributed by atoms with Crippen LogP contribution >= 0.6 is 0 Å². The number of rotatable bonds is 5. The van der Waals surface area contributed by atoms with Gasteiger partial charge in [-0.05, 0) is 32.0 Å². The fourth-order valence-electron chi connectivity index (χ4n) is 4.64. The van der Waals surface area contributed by atoms with Crippen molar-refractivity contribution in [3.63, 3.8) is 0 Å². The van der Waals surface area contributed by atoms with Gasteiger partial charge in [0.2, 0.25) is 0 Å². The Bertz CT molecular complexity index is 1460. The van der Waals surface area contributed by atoms with E-state index < -0.39 is 11.7 Å². The lowest BCUT2D eigenvalue weighted by Crippen LogP contribution is -2.56. The molecular formula is C26H26N6O4. The number of H-pyrrole nitrogens is 1. The lowest BCUT2D eigenvalue weighted by molar-refractivity contribution is -0.128. The maximum atomic E-state index is 13.4. The van der Waals surface area contributed by atoms with Crippen molar-refractivity contribution < 1.29 is 19.1 Å². The van der Waals surface area contributed by atoms with Gasteiger partial charge >= 0.3 is 0 Å². The van der Waals surface area contributed by atoms with Gasteiger partial charge in [-0.25, -0.2) is 9.67 Å². The summed E-state index contributed by atoms with van der Waals surface area (Å²) in [6.07, 6.45) is 4.69. The number of carbonyl (C=O) groups excluding carboxylic acids is 3. The summed E-state index contributed by atoms with van der Waals surface area (Å²) in [4.78, 5) is 50.4. The van der Waals surface area contributed by atoms with E-state index in [9.17, 15) is 14.4 Å². The fraction of sp³-hybridized carbons (Fsp3) is 0.269. The number of aromatic nitrogens is 4. The minimum atomic E-state index is -0.649. The van der Waals surface area contributed by atoms with Crippen molar-refractivity contribution in [1.82, 2.24) is 29.5 Å². The quantitative estimate of drug-likeness (QED) is 0.343. The molecule has 0 saturated carbocycles.